The Kier molecular flexibility index (Phi) is 4.82. The van der Waals surface area contributed by atoms with E-state index in [-0.39, 0.29) is 24.3 Å². The number of fused-ring (bicyclic) bond motifs is 1. The minimum atomic E-state index is -4.74. The summed E-state index contributed by atoms with van der Waals surface area (Å²) in [6, 6.07) is 3.48. The van der Waals surface area contributed by atoms with Crippen molar-refractivity contribution in [2.45, 2.75) is 31.2 Å². The first kappa shape index (κ1) is 21.3. The van der Waals surface area contributed by atoms with E-state index in [4.69, 9.17) is 4.74 Å². The lowest BCUT2D eigenvalue weighted by atomic mass is 9.77. The summed E-state index contributed by atoms with van der Waals surface area (Å²) in [5.74, 6) is -1.89. The van der Waals surface area contributed by atoms with Crippen molar-refractivity contribution in [2.24, 2.45) is 0 Å². The Hall–Kier alpha value is -2.98. The summed E-state index contributed by atoms with van der Waals surface area (Å²) in [6.45, 7) is 2.59. The van der Waals surface area contributed by atoms with Gasteiger partial charge >= 0.3 is 6.18 Å². The number of hydrogen-bond donors (Lipinski definition) is 2. The second kappa shape index (κ2) is 7.03. The minimum Gasteiger partial charge on any atom is -0.385 e. The molecule has 2 atom stereocenters. The van der Waals surface area contributed by atoms with Gasteiger partial charge in [-0.3, -0.25) is 4.79 Å². The maximum absolute atomic E-state index is 14.9. The number of aliphatic hydroxyl groups is 1. The van der Waals surface area contributed by atoms with Gasteiger partial charge in [-0.25, -0.2) is 9.37 Å². The Labute approximate surface area is 174 Å². The van der Waals surface area contributed by atoms with E-state index in [0.29, 0.717) is 17.8 Å². The number of benzene rings is 1. The molecule has 0 radical (unpaired) electrons. The Bertz CT molecular complexity index is 1170. The first-order valence-electron chi connectivity index (χ1n) is 9.38. The third kappa shape index (κ3) is 3.45. The lowest BCUT2D eigenvalue weighted by Crippen LogP contribution is -2.60. The second-order valence-electron chi connectivity index (χ2n) is 7.91. The first-order valence-corrected chi connectivity index (χ1v) is 9.38. The van der Waals surface area contributed by atoms with Crippen LogP contribution in [0, 0.1) is 12.7 Å². The number of aryl methyl sites for hydroxylation is 1. The summed E-state index contributed by atoms with van der Waals surface area (Å²) in [6.07, 6.45) is 0.226. The van der Waals surface area contributed by atoms with Crippen LogP contribution in [-0.4, -0.2) is 39.2 Å². The van der Waals surface area contributed by atoms with Crippen LogP contribution in [-0.2, 0) is 16.5 Å². The molecule has 1 fully saturated rings. The minimum absolute atomic E-state index is 0.161. The lowest BCUT2D eigenvalue weighted by molar-refractivity contribution is -0.137. The number of ether oxygens (including phenoxy) is 1. The number of carbonyl (C=O) groups is 1. The monoisotopic (exact) mass is 437 g/mol. The smallest absolute Gasteiger partial charge is 0.385 e. The maximum Gasteiger partial charge on any atom is 0.416 e. The quantitative estimate of drug-likeness (QED) is 0.617. The van der Waals surface area contributed by atoms with E-state index in [1.165, 1.54) is 13.0 Å². The lowest BCUT2D eigenvalue weighted by Gasteiger charge is -2.39. The van der Waals surface area contributed by atoms with Gasteiger partial charge in [-0.1, -0.05) is 6.07 Å². The van der Waals surface area contributed by atoms with Crippen LogP contribution in [0.2, 0.25) is 0 Å². The topological polar surface area (TPSA) is 75.9 Å². The van der Waals surface area contributed by atoms with Gasteiger partial charge in [0.15, 0.2) is 0 Å². The largest absolute Gasteiger partial charge is 0.416 e. The van der Waals surface area contributed by atoms with E-state index >= 15 is 0 Å². The average molecular weight is 437 g/mol. The fourth-order valence-electron chi connectivity index (χ4n) is 3.86. The molecule has 1 aliphatic rings. The zero-order valence-corrected chi connectivity index (χ0v) is 16.6. The molecule has 0 saturated carbocycles. The highest BCUT2D eigenvalue weighted by atomic mass is 19.4. The van der Waals surface area contributed by atoms with Crippen LogP contribution in [0.1, 0.15) is 34.0 Å². The van der Waals surface area contributed by atoms with Gasteiger partial charge in [0.2, 0.25) is 0 Å². The Morgan fingerprint density at radius 1 is 1.29 bits per heavy atom. The summed E-state index contributed by atoms with van der Waals surface area (Å²) >= 11 is 0. The summed E-state index contributed by atoms with van der Waals surface area (Å²) in [5, 5.41) is 13.6. The first-order chi connectivity index (χ1) is 14.4. The molecular weight excluding hydrogens is 418 g/mol. The zero-order chi connectivity index (χ0) is 22.6. The van der Waals surface area contributed by atoms with Crippen molar-refractivity contribution in [1.29, 1.82) is 0 Å². The predicted octanol–water partition coefficient (Wildman–Crippen LogP) is 3.21. The van der Waals surface area contributed by atoms with Crippen LogP contribution in [0.5, 0.6) is 0 Å². The van der Waals surface area contributed by atoms with E-state index in [0.717, 1.165) is 11.6 Å². The number of amides is 1. The molecule has 10 heteroatoms. The van der Waals surface area contributed by atoms with Crippen molar-refractivity contribution in [3.8, 4) is 0 Å². The number of aromatic nitrogens is 2. The molecule has 4 rings (SSSR count). The highest BCUT2D eigenvalue weighted by Gasteiger charge is 2.56. The molecule has 0 bridgehead atoms. The summed E-state index contributed by atoms with van der Waals surface area (Å²) in [7, 11) is 0. The third-order valence-electron chi connectivity index (χ3n) is 5.57. The van der Waals surface area contributed by atoms with Gasteiger partial charge in [-0.05, 0) is 37.6 Å². The number of alkyl halides is 3. The van der Waals surface area contributed by atoms with Gasteiger partial charge < -0.3 is 19.6 Å². The van der Waals surface area contributed by atoms with Crippen LogP contribution in [0.15, 0.2) is 42.9 Å². The molecule has 3 aromatic rings. The molecule has 0 aliphatic carbocycles. The van der Waals surface area contributed by atoms with Crippen LogP contribution < -0.4 is 5.32 Å². The van der Waals surface area contributed by atoms with Crippen molar-refractivity contribution in [2.75, 3.05) is 13.2 Å². The molecular formula is C21H19F4N3O3. The van der Waals surface area contributed by atoms with Crippen LogP contribution in [0.4, 0.5) is 17.6 Å². The number of nitrogens with one attached hydrogen (secondary N) is 1. The fraction of sp³-hybridized carbons (Fsp3) is 0.333. The molecule has 1 aliphatic heterocycles. The van der Waals surface area contributed by atoms with Gasteiger partial charge in [0.1, 0.15) is 22.6 Å². The second-order valence-corrected chi connectivity index (χ2v) is 7.91. The molecule has 6 nitrogen and oxygen atoms in total. The zero-order valence-electron chi connectivity index (χ0n) is 16.6. The van der Waals surface area contributed by atoms with Crippen molar-refractivity contribution in [3.63, 3.8) is 0 Å². The number of hydrogen-bond acceptors (Lipinski definition) is 4. The molecule has 1 aromatic carbocycles. The highest BCUT2D eigenvalue weighted by molar-refractivity contribution is 6.00. The number of halogens is 4. The summed E-state index contributed by atoms with van der Waals surface area (Å²) in [4.78, 5) is 17.4. The molecule has 164 valence electrons. The molecule has 2 N–H and O–H groups in total. The van der Waals surface area contributed by atoms with Crippen LogP contribution >= 0.6 is 0 Å². The van der Waals surface area contributed by atoms with Gasteiger partial charge in [-0.15, -0.1) is 0 Å². The molecule has 2 aromatic heterocycles. The van der Waals surface area contributed by atoms with Crippen LogP contribution in [0.3, 0.4) is 0 Å². The maximum atomic E-state index is 14.9. The van der Waals surface area contributed by atoms with Crippen molar-refractivity contribution < 1.29 is 32.2 Å². The summed E-state index contributed by atoms with van der Waals surface area (Å²) in [5.41, 5.74) is -3.71. The number of carbonyl (C=O) groups excluding carboxylic acids is 1. The summed E-state index contributed by atoms with van der Waals surface area (Å²) < 4.78 is 60.8. The average Bonchev–Trinajstić information content (AvgIpc) is 3.21. The SMILES string of the molecule is Cc1cnc2c(C(=O)N[C@@]3(c4ccc(C(F)(F)F)cc4F)COC[C@]3(C)O)ccn2c1. The predicted molar refractivity (Wildman–Crippen MR) is 102 cm³/mol. The Morgan fingerprint density at radius 3 is 2.65 bits per heavy atom. The molecule has 31 heavy (non-hydrogen) atoms. The molecule has 0 unspecified atom stereocenters. The van der Waals surface area contributed by atoms with Gasteiger partial charge in [0, 0.05) is 24.2 Å². The third-order valence-corrected chi connectivity index (χ3v) is 5.57. The molecule has 0 spiro atoms. The molecule has 1 saturated heterocycles. The van der Waals surface area contributed by atoms with Crippen molar-refractivity contribution in [3.05, 3.63) is 70.9 Å². The van der Waals surface area contributed by atoms with Gasteiger partial charge in [0.25, 0.3) is 5.91 Å². The van der Waals surface area contributed by atoms with Crippen LogP contribution in [0.25, 0.3) is 5.65 Å². The van der Waals surface area contributed by atoms with E-state index < -0.39 is 34.6 Å². The van der Waals surface area contributed by atoms with Gasteiger partial charge in [0.05, 0.1) is 24.3 Å². The Morgan fingerprint density at radius 2 is 2.03 bits per heavy atom. The normalized spacial score (nSPS) is 24.0. The van der Waals surface area contributed by atoms with E-state index in [1.807, 2.05) is 6.92 Å². The van der Waals surface area contributed by atoms with E-state index in [1.54, 1.807) is 23.0 Å². The number of nitrogens with zero attached hydrogens (tertiary/aromatic N) is 2. The van der Waals surface area contributed by atoms with Crippen molar-refractivity contribution >= 4 is 11.6 Å². The Balaban J connectivity index is 1.78. The highest BCUT2D eigenvalue weighted by Crippen LogP contribution is 2.41. The van der Waals surface area contributed by atoms with E-state index in [2.05, 4.69) is 10.3 Å². The molecule has 1 amide bonds. The molecule has 3 heterocycles. The fourth-order valence-corrected chi connectivity index (χ4v) is 3.86. The van der Waals surface area contributed by atoms with Crippen molar-refractivity contribution in [1.82, 2.24) is 14.7 Å². The van der Waals surface area contributed by atoms with Gasteiger partial charge in [-0.2, -0.15) is 13.2 Å². The number of rotatable bonds is 3. The van der Waals surface area contributed by atoms with E-state index in [9.17, 15) is 27.5 Å². The standard InChI is InChI=1S/C21H19F4N3O3/c1-12-8-26-17-14(5-6-28(17)9-12)18(29)27-20(11-31-10-19(20,2)30)15-4-3-13(7-16(15)22)21(23,24)25/h3-9,30H,10-11H2,1-2H3,(H,27,29)/t19-,20+/m0/s1.